The fraction of sp³-hybridized carbons (Fsp3) is 0.300. The number of hydrogen-bond acceptors (Lipinski definition) is 2. The largest absolute Gasteiger partial charge is 0.497 e. The fourth-order valence-corrected chi connectivity index (χ4v) is 1.90. The van der Waals surface area contributed by atoms with Gasteiger partial charge in [0.25, 0.3) is 0 Å². The van der Waals surface area contributed by atoms with E-state index in [-0.39, 0.29) is 11.1 Å². The molecule has 0 aromatic heterocycles. The van der Waals surface area contributed by atoms with Crippen LogP contribution in [0, 0.1) is 0 Å². The Hall–Kier alpha value is -0.750. The predicted octanol–water partition coefficient (Wildman–Crippen LogP) is 3.95. The summed E-state index contributed by atoms with van der Waals surface area (Å²) in [5.74, 6) is -0.606. The predicted molar refractivity (Wildman–Crippen MR) is 61.1 cm³/mol. The van der Waals surface area contributed by atoms with Gasteiger partial charge in [-0.1, -0.05) is 27.5 Å². The minimum Gasteiger partial charge on any atom is -0.497 e. The highest BCUT2D eigenvalue weighted by Gasteiger charge is 2.38. The van der Waals surface area contributed by atoms with Gasteiger partial charge in [0, 0.05) is 5.56 Å². The quantitative estimate of drug-likeness (QED) is 0.619. The molecule has 0 spiro atoms. The molecule has 0 bridgehead atoms. The number of benzene rings is 1. The summed E-state index contributed by atoms with van der Waals surface area (Å²) in [5, 5.41) is -0.777. The Labute approximate surface area is 109 Å². The maximum Gasteiger partial charge on any atom is 0.418 e. The second-order valence-electron chi connectivity index (χ2n) is 3.09. The minimum absolute atomic E-state index is 0.104. The lowest BCUT2D eigenvalue weighted by Gasteiger charge is -2.14. The first-order valence-corrected chi connectivity index (χ1v) is 5.85. The van der Waals surface area contributed by atoms with E-state index in [0.717, 1.165) is 12.1 Å². The van der Waals surface area contributed by atoms with Crippen LogP contribution in [-0.4, -0.2) is 18.2 Å². The van der Waals surface area contributed by atoms with Gasteiger partial charge in [0.1, 0.15) is 5.75 Å². The standard InChI is InChI=1S/C10H7BrClF3O2/c1-17-5-2-6(8(16)4-11)9(7(12)3-5)10(13,14)15/h2-3H,4H2,1H3. The molecule has 0 saturated carbocycles. The van der Waals surface area contributed by atoms with E-state index < -0.39 is 28.1 Å². The molecule has 17 heavy (non-hydrogen) atoms. The summed E-state index contributed by atoms with van der Waals surface area (Å²) < 4.78 is 43.0. The zero-order valence-electron chi connectivity index (χ0n) is 8.57. The van der Waals surface area contributed by atoms with Crippen molar-refractivity contribution in [3.63, 3.8) is 0 Å². The van der Waals surface area contributed by atoms with Gasteiger partial charge in [0.15, 0.2) is 5.78 Å². The highest BCUT2D eigenvalue weighted by Crippen LogP contribution is 2.39. The Kier molecular flexibility index (Phi) is 4.43. The van der Waals surface area contributed by atoms with Gasteiger partial charge in [-0.3, -0.25) is 4.79 Å². The van der Waals surface area contributed by atoms with E-state index in [4.69, 9.17) is 16.3 Å². The molecular weight excluding hydrogens is 324 g/mol. The maximum absolute atomic E-state index is 12.7. The molecule has 0 saturated heterocycles. The lowest BCUT2D eigenvalue weighted by Crippen LogP contribution is -2.15. The summed E-state index contributed by atoms with van der Waals surface area (Å²) in [5.41, 5.74) is -1.64. The Balaban J connectivity index is 3.51. The van der Waals surface area contributed by atoms with Gasteiger partial charge in [-0.2, -0.15) is 13.2 Å². The molecule has 0 fully saturated rings. The van der Waals surface area contributed by atoms with E-state index in [1.807, 2.05) is 0 Å². The smallest absolute Gasteiger partial charge is 0.418 e. The first-order chi connectivity index (χ1) is 7.81. The molecule has 0 aliphatic carbocycles. The van der Waals surface area contributed by atoms with Gasteiger partial charge in [0.2, 0.25) is 0 Å². The molecule has 1 rings (SSSR count). The van der Waals surface area contributed by atoms with Crippen LogP contribution in [-0.2, 0) is 6.18 Å². The summed E-state index contributed by atoms with van der Waals surface area (Å²) >= 11 is 8.35. The average molecular weight is 332 g/mol. The lowest BCUT2D eigenvalue weighted by molar-refractivity contribution is -0.137. The molecule has 94 valence electrons. The highest BCUT2D eigenvalue weighted by atomic mass is 79.9. The molecule has 0 aliphatic heterocycles. The molecule has 0 atom stereocenters. The van der Waals surface area contributed by atoms with E-state index in [9.17, 15) is 18.0 Å². The summed E-state index contributed by atoms with van der Waals surface area (Å²) in [6.07, 6.45) is -4.68. The van der Waals surface area contributed by atoms with Crippen LogP contribution in [0.2, 0.25) is 5.02 Å². The first-order valence-electron chi connectivity index (χ1n) is 4.35. The number of methoxy groups -OCH3 is 1. The van der Waals surface area contributed by atoms with Gasteiger partial charge in [-0.15, -0.1) is 0 Å². The lowest BCUT2D eigenvalue weighted by atomic mass is 10.0. The summed E-state index contributed by atoms with van der Waals surface area (Å²) in [7, 11) is 1.28. The molecule has 0 aliphatic rings. The van der Waals surface area contributed by atoms with Crippen molar-refractivity contribution in [1.29, 1.82) is 0 Å². The Morgan fingerprint density at radius 3 is 2.47 bits per heavy atom. The molecular formula is C10H7BrClF3O2. The summed E-state index contributed by atoms with van der Waals surface area (Å²) in [6, 6.07) is 2.05. The monoisotopic (exact) mass is 330 g/mol. The number of rotatable bonds is 3. The van der Waals surface area contributed by atoms with E-state index in [1.54, 1.807) is 0 Å². The minimum atomic E-state index is -4.68. The first kappa shape index (κ1) is 14.3. The third kappa shape index (κ3) is 3.13. The zero-order chi connectivity index (χ0) is 13.2. The summed E-state index contributed by atoms with van der Waals surface area (Å²) in [6.45, 7) is 0. The Morgan fingerprint density at radius 2 is 2.06 bits per heavy atom. The van der Waals surface area contributed by atoms with Crippen molar-refractivity contribution >= 4 is 33.3 Å². The maximum atomic E-state index is 12.7. The number of hydrogen-bond donors (Lipinski definition) is 0. The molecule has 1 aromatic carbocycles. The van der Waals surface area contributed by atoms with E-state index in [0.29, 0.717) is 0 Å². The number of ketones is 1. The van der Waals surface area contributed by atoms with Crippen molar-refractivity contribution in [3.8, 4) is 5.75 Å². The van der Waals surface area contributed by atoms with Crippen LogP contribution in [0.4, 0.5) is 13.2 Å². The molecule has 0 N–H and O–H groups in total. The Bertz CT molecular complexity index is 446. The van der Waals surface area contributed by atoms with Crippen LogP contribution in [0.3, 0.4) is 0 Å². The number of carbonyl (C=O) groups is 1. The molecule has 2 nitrogen and oxygen atoms in total. The van der Waals surface area contributed by atoms with Gasteiger partial charge in [-0.25, -0.2) is 0 Å². The second-order valence-corrected chi connectivity index (χ2v) is 4.05. The van der Waals surface area contributed by atoms with E-state index in [2.05, 4.69) is 15.9 Å². The van der Waals surface area contributed by atoms with Crippen molar-refractivity contribution in [2.45, 2.75) is 6.18 Å². The van der Waals surface area contributed by atoms with Crippen molar-refractivity contribution in [3.05, 3.63) is 28.3 Å². The van der Waals surface area contributed by atoms with Crippen LogP contribution in [0.1, 0.15) is 15.9 Å². The SMILES string of the molecule is COc1cc(Cl)c(C(F)(F)F)c(C(=O)CBr)c1. The summed E-state index contributed by atoms with van der Waals surface area (Å²) in [4.78, 5) is 11.4. The number of Topliss-reactive ketones (excluding diaryl/α,β-unsaturated/α-hetero) is 1. The Morgan fingerprint density at radius 1 is 1.47 bits per heavy atom. The normalized spacial score (nSPS) is 11.4. The van der Waals surface area contributed by atoms with Crippen molar-refractivity contribution in [2.24, 2.45) is 0 Å². The van der Waals surface area contributed by atoms with Crippen molar-refractivity contribution < 1.29 is 22.7 Å². The fourth-order valence-electron chi connectivity index (χ4n) is 1.28. The topological polar surface area (TPSA) is 26.3 Å². The molecule has 0 heterocycles. The third-order valence-electron chi connectivity index (χ3n) is 2.00. The number of alkyl halides is 4. The zero-order valence-corrected chi connectivity index (χ0v) is 10.9. The second kappa shape index (κ2) is 5.27. The average Bonchev–Trinajstić information content (AvgIpc) is 2.24. The van der Waals surface area contributed by atoms with Gasteiger partial charge in [-0.05, 0) is 12.1 Å². The van der Waals surface area contributed by atoms with Crippen LogP contribution in [0.15, 0.2) is 12.1 Å². The van der Waals surface area contributed by atoms with Crippen LogP contribution < -0.4 is 4.74 Å². The third-order valence-corrected chi connectivity index (χ3v) is 2.81. The molecule has 0 radical (unpaired) electrons. The van der Waals surface area contributed by atoms with Crippen LogP contribution in [0.5, 0.6) is 5.75 Å². The van der Waals surface area contributed by atoms with Gasteiger partial charge < -0.3 is 4.74 Å². The number of carbonyl (C=O) groups excluding carboxylic acids is 1. The van der Waals surface area contributed by atoms with Gasteiger partial charge >= 0.3 is 6.18 Å². The van der Waals surface area contributed by atoms with Crippen molar-refractivity contribution in [2.75, 3.05) is 12.4 Å². The molecule has 0 amide bonds. The van der Waals surface area contributed by atoms with Gasteiger partial charge in [0.05, 0.1) is 23.0 Å². The van der Waals surface area contributed by atoms with E-state index in [1.165, 1.54) is 7.11 Å². The molecule has 0 unspecified atom stereocenters. The van der Waals surface area contributed by atoms with Crippen LogP contribution in [0.25, 0.3) is 0 Å². The molecule has 7 heteroatoms. The molecule has 1 aromatic rings. The van der Waals surface area contributed by atoms with E-state index >= 15 is 0 Å². The number of ether oxygens (including phenoxy) is 1. The van der Waals surface area contributed by atoms with Crippen LogP contribution >= 0.6 is 27.5 Å². The number of halogens is 5. The van der Waals surface area contributed by atoms with Crippen molar-refractivity contribution in [1.82, 2.24) is 0 Å². The highest BCUT2D eigenvalue weighted by molar-refractivity contribution is 9.09.